The number of rotatable bonds is 1. The maximum Gasteiger partial charge on any atom is 0.156 e. The van der Waals surface area contributed by atoms with Crippen LogP contribution in [0.25, 0.3) is 0 Å². The van der Waals surface area contributed by atoms with E-state index in [1.54, 1.807) is 0 Å². The first-order valence-electron chi connectivity index (χ1n) is 5.52. The fourth-order valence-corrected chi connectivity index (χ4v) is 2.39. The predicted octanol–water partition coefficient (Wildman–Crippen LogP) is -0.477. The first-order chi connectivity index (χ1) is 7.16. The highest BCUT2D eigenvalue weighted by molar-refractivity contribution is 4.82. The van der Waals surface area contributed by atoms with Crippen LogP contribution in [0, 0.1) is 0 Å². The van der Waals surface area contributed by atoms with Crippen molar-refractivity contribution in [3.05, 3.63) is 0 Å². The van der Waals surface area contributed by atoms with Crippen LogP contribution in [0.4, 0.5) is 0 Å². The molecule has 0 radical (unpaired) electrons. The molecule has 2 rings (SSSR count). The van der Waals surface area contributed by atoms with Gasteiger partial charge in [0.05, 0.1) is 19.3 Å². The zero-order chi connectivity index (χ0) is 10.8. The first kappa shape index (κ1) is 11.3. The van der Waals surface area contributed by atoms with E-state index in [9.17, 15) is 10.2 Å². The quantitative estimate of drug-likeness (QED) is 0.621. The highest BCUT2D eigenvalue weighted by atomic mass is 16.6. The van der Waals surface area contributed by atoms with Gasteiger partial charge in [-0.2, -0.15) is 0 Å². The van der Waals surface area contributed by atoms with Gasteiger partial charge in [0.15, 0.2) is 6.29 Å². The SMILES string of the molecule is C[C@H]1C[C@@H](N2CCOC[C@H]2O)CC(O)O1. The van der Waals surface area contributed by atoms with Crippen molar-refractivity contribution in [2.24, 2.45) is 0 Å². The van der Waals surface area contributed by atoms with Crippen LogP contribution in [0.3, 0.4) is 0 Å². The van der Waals surface area contributed by atoms with E-state index in [4.69, 9.17) is 9.47 Å². The van der Waals surface area contributed by atoms with E-state index < -0.39 is 12.5 Å². The molecule has 0 amide bonds. The zero-order valence-electron chi connectivity index (χ0n) is 9.00. The van der Waals surface area contributed by atoms with Gasteiger partial charge in [-0.15, -0.1) is 0 Å². The highest BCUT2D eigenvalue weighted by Gasteiger charge is 2.34. The molecule has 2 fully saturated rings. The lowest BCUT2D eigenvalue weighted by atomic mass is 10.0. The monoisotopic (exact) mass is 217 g/mol. The van der Waals surface area contributed by atoms with E-state index in [1.807, 2.05) is 11.8 Å². The summed E-state index contributed by atoms with van der Waals surface area (Å²) in [5, 5.41) is 19.3. The molecule has 2 aliphatic rings. The Hall–Kier alpha value is -0.200. The van der Waals surface area contributed by atoms with E-state index in [2.05, 4.69) is 0 Å². The maximum atomic E-state index is 9.77. The molecule has 5 heteroatoms. The van der Waals surface area contributed by atoms with Gasteiger partial charge in [0.25, 0.3) is 0 Å². The molecule has 0 saturated carbocycles. The lowest BCUT2D eigenvalue weighted by Gasteiger charge is -2.42. The Labute approximate surface area is 89.6 Å². The summed E-state index contributed by atoms with van der Waals surface area (Å²) in [6, 6.07) is 0.197. The van der Waals surface area contributed by atoms with Crippen molar-refractivity contribution in [3.8, 4) is 0 Å². The van der Waals surface area contributed by atoms with Crippen molar-refractivity contribution in [2.45, 2.75) is 44.4 Å². The van der Waals surface area contributed by atoms with Gasteiger partial charge in [-0.05, 0) is 13.3 Å². The molecule has 0 aliphatic carbocycles. The van der Waals surface area contributed by atoms with Crippen LogP contribution in [-0.2, 0) is 9.47 Å². The van der Waals surface area contributed by atoms with Gasteiger partial charge in [-0.3, -0.25) is 4.90 Å². The summed E-state index contributed by atoms with van der Waals surface area (Å²) < 4.78 is 10.4. The average Bonchev–Trinajstić information content (AvgIpc) is 2.16. The van der Waals surface area contributed by atoms with Crippen LogP contribution in [0.2, 0.25) is 0 Å². The molecule has 5 nitrogen and oxygen atoms in total. The van der Waals surface area contributed by atoms with Gasteiger partial charge in [-0.25, -0.2) is 0 Å². The van der Waals surface area contributed by atoms with Gasteiger partial charge < -0.3 is 19.7 Å². The minimum atomic E-state index is -0.700. The fourth-order valence-electron chi connectivity index (χ4n) is 2.39. The third-order valence-corrected chi connectivity index (χ3v) is 3.08. The lowest BCUT2D eigenvalue weighted by Crippen LogP contribution is -2.54. The molecular weight excluding hydrogens is 198 g/mol. The predicted molar refractivity (Wildman–Crippen MR) is 53.1 cm³/mol. The smallest absolute Gasteiger partial charge is 0.156 e. The Balaban J connectivity index is 1.95. The zero-order valence-corrected chi connectivity index (χ0v) is 9.00. The second kappa shape index (κ2) is 4.76. The third-order valence-electron chi connectivity index (χ3n) is 3.08. The molecule has 0 spiro atoms. The highest BCUT2D eigenvalue weighted by Crippen LogP contribution is 2.24. The maximum absolute atomic E-state index is 9.77. The second-order valence-corrected chi connectivity index (χ2v) is 4.32. The number of aliphatic hydroxyl groups excluding tert-OH is 2. The second-order valence-electron chi connectivity index (χ2n) is 4.32. The van der Waals surface area contributed by atoms with Gasteiger partial charge >= 0.3 is 0 Å². The molecule has 15 heavy (non-hydrogen) atoms. The molecule has 2 N–H and O–H groups in total. The van der Waals surface area contributed by atoms with Crippen molar-refractivity contribution in [2.75, 3.05) is 19.8 Å². The Morgan fingerprint density at radius 2 is 2.07 bits per heavy atom. The number of hydrogen-bond acceptors (Lipinski definition) is 5. The van der Waals surface area contributed by atoms with Gasteiger partial charge in [0.1, 0.15) is 6.23 Å². The number of morpholine rings is 1. The lowest BCUT2D eigenvalue weighted by molar-refractivity contribution is -0.200. The van der Waals surface area contributed by atoms with Crippen molar-refractivity contribution in [3.63, 3.8) is 0 Å². The number of nitrogens with zero attached hydrogens (tertiary/aromatic N) is 1. The molecule has 88 valence electrons. The summed E-state index contributed by atoms with van der Waals surface area (Å²) in [5.74, 6) is 0. The molecule has 2 aliphatic heterocycles. The van der Waals surface area contributed by atoms with Crippen LogP contribution in [0.1, 0.15) is 19.8 Å². The van der Waals surface area contributed by atoms with Crippen molar-refractivity contribution in [1.29, 1.82) is 0 Å². The first-order valence-corrected chi connectivity index (χ1v) is 5.52. The molecule has 0 bridgehead atoms. The van der Waals surface area contributed by atoms with E-state index in [0.29, 0.717) is 19.6 Å². The van der Waals surface area contributed by atoms with Crippen LogP contribution in [0.15, 0.2) is 0 Å². The normalized spacial score (nSPS) is 44.2. The Morgan fingerprint density at radius 3 is 2.73 bits per heavy atom. The van der Waals surface area contributed by atoms with Gasteiger partial charge in [-0.1, -0.05) is 0 Å². The summed E-state index contributed by atoms with van der Waals surface area (Å²) in [6.07, 6.45) is 0.235. The number of hydrogen-bond donors (Lipinski definition) is 2. The van der Waals surface area contributed by atoms with Crippen LogP contribution < -0.4 is 0 Å². The van der Waals surface area contributed by atoms with E-state index in [0.717, 1.165) is 13.0 Å². The minimum Gasteiger partial charge on any atom is -0.376 e. The standard InChI is InChI=1S/C10H19NO4/c1-7-4-8(5-10(13)15-7)11-2-3-14-6-9(11)12/h7-10,12-13H,2-6H2,1H3/t7-,8+,9+,10?/m0/s1. The molecule has 4 atom stereocenters. The fraction of sp³-hybridized carbons (Fsp3) is 1.00. The molecule has 2 heterocycles. The summed E-state index contributed by atoms with van der Waals surface area (Å²) in [5.41, 5.74) is 0. The third kappa shape index (κ3) is 2.68. The van der Waals surface area contributed by atoms with Crippen molar-refractivity contribution >= 4 is 0 Å². The molecule has 0 aromatic rings. The van der Waals surface area contributed by atoms with Crippen LogP contribution in [-0.4, -0.2) is 59.5 Å². The molecule has 0 aromatic heterocycles. The summed E-state index contributed by atoms with van der Waals surface area (Å²) in [6.45, 7) is 3.69. The van der Waals surface area contributed by atoms with Crippen molar-refractivity contribution in [1.82, 2.24) is 4.90 Å². The van der Waals surface area contributed by atoms with E-state index in [-0.39, 0.29) is 12.1 Å². The topological polar surface area (TPSA) is 62.2 Å². The average molecular weight is 217 g/mol. The van der Waals surface area contributed by atoms with E-state index in [1.165, 1.54) is 0 Å². The molecular formula is C10H19NO4. The van der Waals surface area contributed by atoms with Gasteiger partial charge in [0.2, 0.25) is 0 Å². The Bertz CT molecular complexity index is 204. The van der Waals surface area contributed by atoms with Crippen LogP contribution in [0.5, 0.6) is 0 Å². The van der Waals surface area contributed by atoms with E-state index >= 15 is 0 Å². The summed E-state index contributed by atoms with van der Waals surface area (Å²) in [4.78, 5) is 2.01. The molecule has 2 saturated heterocycles. The number of ether oxygens (including phenoxy) is 2. The number of aliphatic hydroxyl groups is 2. The molecule has 1 unspecified atom stereocenters. The Kier molecular flexibility index (Phi) is 3.58. The largest absolute Gasteiger partial charge is 0.376 e. The molecule has 0 aromatic carbocycles. The van der Waals surface area contributed by atoms with Crippen LogP contribution >= 0.6 is 0 Å². The summed E-state index contributed by atoms with van der Waals surface area (Å²) in [7, 11) is 0. The summed E-state index contributed by atoms with van der Waals surface area (Å²) >= 11 is 0. The van der Waals surface area contributed by atoms with Gasteiger partial charge in [0, 0.05) is 19.0 Å². The minimum absolute atomic E-state index is 0.0498. The Morgan fingerprint density at radius 1 is 1.27 bits per heavy atom. The van der Waals surface area contributed by atoms with Crippen molar-refractivity contribution < 1.29 is 19.7 Å².